The van der Waals surface area contributed by atoms with Crippen molar-refractivity contribution >= 4 is 22.3 Å². The molecule has 2 aliphatic rings. The third-order valence-electron chi connectivity index (χ3n) is 7.44. The fraction of sp³-hybridized carbons (Fsp3) is 0.462. The molecule has 0 spiro atoms. The van der Waals surface area contributed by atoms with Crippen LogP contribution in [0.4, 0.5) is 11.5 Å². The standard InChI is InChI=1S/C26H33N5/c1-17-7-5-9-23(19(17)3)20(4)28-26-24-15-22(12-11-21(24)16-27-29-26)31-14-13-30-18(2)8-6-10-25(30)31/h5,7,9,11-12,15-16,18,20,25H,6,8,10,13-14H2,1-4H3,(H,28,29)/t18?,20-,25?/m1/s1. The topological polar surface area (TPSA) is 44.3 Å². The number of hydrogen-bond acceptors (Lipinski definition) is 5. The molecule has 2 unspecified atom stereocenters. The van der Waals surface area contributed by atoms with Crippen LogP contribution in [-0.2, 0) is 0 Å². The summed E-state index contributed by atoms with van der Waals surface area (Å²) in [5.74, 6) is 0.862. The minimum Gasteiger partial charge on any atom is -0.362 e. The van der Waals surface area contributed by atoms with Crippen molar-refractivity contribution in [3.63, 3.8) is 0 Å². The summed E-state index contributed by atoms with van der Waals surface area (Å²) >= 11 is 0. The third kappa shape index (κ3) is 3.65. The number of piperidine rings is 1. The van der Waals surface area contributed by atoms with Crippen molar-refractivity contribution in [3.05, 3.63) is 59.3 Å². The second kappa shape index (κ2) is 8.12. The fourth-order valence-corrected chi connectivity index (χ4v) is 5.47. The van der Waals surface area contributed by atoms with Crippen molar-refractivity contribution in [3.8, 4) is 0 Å². The van der Waals surface area contributed by atoms with Gasteiger partial charge in [-0.3, -0.25) is 4.90 Å². The van der Waals surface area contributed by atoms with Crippen LogP contribution in [0.15, 0.2) is 42.6 Å². The molecule has 0 amide bonds. The number of anilines is 2. The van der Waals surface area contributed by atoms with Crippen LogP contribution in [-0.4, -0.2) is 40.4 Å². The lowest BCUT2D eigenvalue weighted by Crippen LogP contribution is -2.46. The Labute approximate surface area is 185 Å². The summed E-state index contributed by atoms with van der Waals surface area (Å²) in [6, 6.07) is 14.1. The van der Waals surface area contributed by atoms with Gasteiger partial charge in [0.25, 0.3) is 0 Å². The fourth-order valence-electron chi connectivity index (χ4n) is 5.47. The maximum atomic E-state index is 4.50. The van der Waals surface area contributed by atoms with Crippen LogP contribution in [0.25, 0.3) is 10.8 Å². The zero-order valence-corrected chi connectivity index (χ0v) is 19.1. The van der Waals surface area contributed by atoms with Gasteiger partial charge in [0.2, 0.25) is 0 Å². The summed E-state index contributed by atoms with van der Waals surface area (Å²) in [7, 11) is 0. The predicted octanol–water partition coefficient (Wildman–Crippen LogP) is 5.44. The molecule has 162 valence electrons. The molecule has 2 aliphatic heterocycles. The third-order valence-corrected chi connectivity index (χ3v) is 7.44. The Morgan fingerprint density at radius 3 is 2.84 bits per heavy atom. The summed E-state index contributed by atoms with van der Waals surface area (Å²) in [5, 5.41) is 14.7. The van der Waals surface area contributed by atoms with Crippen molar-refractivity contribution in [2.75, 3.05) is 23.3 Å². The molecular weight excluding hydrogens is 382 g/mol. The minimum absolute atomic E-state index is 0.157. The van der Waals surface area contributed by atoms with Gasteiger partial charge in [-0.1, -0.05) is 24.3 Å². The molecule has 3 atom stereocenters. The first kappa shape index (κ1) is 20.3. The first-order chi connectivity index (χ1) is 15.0. The smallest absolute Gasteiger partial charge is 0.157 e. The normalized spacial score (nSPS) is 22.5. The van der Waals surface area contributed by atoms with Gasteiger partial charge in [-0.15, -0.1) is 5.10 Å². The molecule has 5 heteroatoms. The lowest BCUT2D eigenvalue weighted by atomic mass is 9.98. The molecule has 3 aromatic rings. The van der Waals surface area contributed by atoms with E-state index in [-0.39, 0.29) is 6.04 Å². The molecule has 1 aromatic heterocycles. The average molecular weight is 416 g/mol. The van der Waals surface area contributed by atoms with E-state index in [0.717, 1.165) is 29.7 Å². The van der Waals surface area contributed by atoms with Gasteiger partial charge in [-0.05, 0) is 75.8 Å². The Kier molecular flexibility index (Phi) is 5.30. The van der Waals surface area contributed by atoms with Gasteiger partial charge >= 0.3 is 0 Å². The molecule has 5 nitrogen and oxygen atoms in total. The van der Waals surface area contributed by atoms with E-state index < -0.39 is 0 Å². The van der Waals surface area contributed by atoms with E-state index in [1.807, 2.05) is 6.20 Å². The van der Waals surface area contributed by atoms with Gasteiger partial charge in [0.1, 0.15) is 0 Å². The van der Waals surface area contributed by atoms with E-state index in [4.69, 9.17) is 0 Å². The summed E-state index contributed by atoms with van der Waals surface area (Å²) in [5.41, 5.74) is 5.25. The maximum Gasteiger partial charge on any atom is 0.157 e. The molecule has 3 heterocycles. The Morgan fingerprint density at radius 1 is 1.10 bits per heavy atom. The van der Waals surface area contributed by atoms with Gasteiger partial charge in [-0.25, -0.2) is 0 Å². The summed E-state index contributed by atoms with van der Waals surface area (Å²) < 4.78 is 0. The zero-order valence-electron chi connectivity index (χ0n) is 19.1. The predicted molar refractivity (Wildman–Crippen MR) is 129 cm³/mol. The monoisotopic (exact) mass is 415 g/mol. The number of nitrogens with one attached hydrogen (secondary N) is 1. The molecule has 0 aliphatic carbocycles. The van der Waals surface area contributed by atoms with Gasteiger partial charge in [-0.2, -0.15) is 5.10 Å². The number of fused-ring (bicyclic) bond motifs is 2. The molecule has 5 rings (SSSR count). The number of nitrogens with zero attached hydrogens (tertiary/aromatic N) is 4. The highest BCUT2D eigenvalue weighted by molar-refractivity contribution is 5.93. The van der Waals surface area contributed by atoms with Crippen molar-refractivity contribution in [1.82, 2.24) is 15.1 Å². The molecule has 1 N–H and O–H groups in total. The van der Waals surface area contributed by atoms with Gasteiger partial charge in [0, 0.05) is 35.6 Å². The average Bonchev–Trinajstić information content (AvgIpc) is 3.21. The number of benzene rings is 2. The maximum absolute atomic E-state index is 4.50. The van der Waals surface area contributed by atoms with Crippen LogP contribution in [0, 0.1) is 13.8 Å². The van der Waals surface area contributed by atoms with Gasteiger partial charge < -0.3 is 10.2 Å². The highest BCUT2D eigenvalue weighted by Gasteiger charge is 2.37. The van der Waals surface area contributed by atoms with Crippen LogP contribution < -0.4 is 10.2 Å². The van der Waals surface area contributed by atoms with Crippen molar-refractivity contribution < 1.29 is 0 Å². The Hall–Kier alpha value is -2.66. The molecule has 31 heavy (non-hydrogen) atoms. The summed E-state index contributed by atoms with van der Waals surface area (Å²) in [4.78, 5) is 5.27. The van der Waals surface area contributed by atoms with Crippen molar-refractivity contribution in [1.29, 1.82) is 0 Å². The quantitative estimate of drug-likeness (QED) is 0.615. The van der Waals surface area contributed by atoms with E-state index in [2.05, 4.69) is 89.4 Å². The first-order valence-electron chi connectivity index (χ1n) is 11.6. The minimum atomic E-state index is 0.157. The number of aromatic nitrogens is 2. The number of rotatable bonds is 4. The molecule has 0 saturated carbocycles. The summed E-state index contributed by atoms with van der Waals surface area (Å²) in [6.07, 6.45) is 6.29. The van der Waals surface area contributed by atoms with Crippen molar-refractivity contribution in [2.45, 2.75) is 65.2 Å². The molecule has 2 fully saturated rings. The van der Waals surface area contributed by atoms with Crippen LogP contribution in [0.1, 0.15) is 55.8 Å². The Bertz CT molecular complexity index is 1090. The molecule has 2 saturated heterocycles. The van der Waals surface area contributed by atoms with E-state index in [9.17, 15) is 0 Å². The van der Waals surface area contributed by atoms with Crippen LogP contribution in [0.3, 0.4) is 0 Å². The van der Waals surface area contributed by atoms with Crippen LogP contribution >= 0.6 is 0 Å². The van der Waals surface area contributed by atoms with E-state index in [1.165, 1.54) is 41.6 Å². The SMILES string of the molecule is Cc1cccc([C@@H](C)Nc2nncc3ccc(N4CCN5C(C)CCCC45)cc23)c1C. The first-order valence-corrected chi connectivity index (χ1v) is 11.6. The number of aryl methyl sites for hydroxylation is 1. The largest absolute Gasteiger partial charge is 0.362 e. The van der Waals surface area contributed by atoms with Crippen molar-refractivity contribution in [2.24, 2.45) is 0 Å². The second-order valence-electron chi connectivity index (χ2n) is 9.31. The van der Waals surface area contributed by atoms with Crippen LogP contribution in [0.5, 0.6) is 0 Å². The summed E-state index contributed by atoms with van der Waals surface area (Å²) in [6.45, 7) is 11.2. The van der Waals surface area contributed by atoms with E-state index >= 15 is 0 Å². The number of hydrogen-bond donors (Lipinski definition) is 1. The van der Waals surface area contributed by atoms with E-state index in [0.29, 0.717) is 12.2 Å². The van der Waals surface area contributed by atoms with Gasteiger partial charge in [0.15, 0.2) is 5.82 Å². The molecule has 0 bridgehead atoms. The second-order valence-corrected chi connectivity index (χ2v) is 9.31. The Balaban J connectivity index is 1.47. The zero-order chi connectivity index (χ0) is 21.5. The van der Waals surface area contributed by atoms with Gasteiger partial charge in [0.05, 0.1) is 18.4 Å². The molecular formula is C26H33N5. The highest BCUT2D eigenvalue weighted by Crippen LogP contribution is 2.35. The Morgan fingerprint density at radius 2 is 1.97 bits per heavy atom. The lowest BCUT2D eigenvalue weighted by Gasteiger charge is -2.39. The lowest BCUT2D eigenvalue weighted by molar-refractivity contribution is 0.136. The molecule has 0 radical (unpaired) electrons. The molecule has 2 aromatic carbocycles. The van der Waals surface area contributed by atoms with Crippen LogP contribution in [0.2, 0.25) is 0 Å². The highest BCUT2D eigenvalue weighted by atomic mass is 15.4. The van der Waals surface area contributed by atoms with E-state index in [1.54, 1.807) is 0 Å².